The summed E-state index contributed by atoms with van der Waals surface area (Å²) in [5, 5.41) is 10.4. The number of rotatable bonds is 2. The number of H-pyrrole nitrogens is 1. The summed E-state index contributed by atoms with van der Waals surface area (Å²) in [5.41, 5.74) is 2.01. The summed E-state index contributed by atoms with van der Waals surface area (Å²) in [6.07, 6.45) is 0. The first kappa shape index (κ1) is 12.0. The summed E-state index contributed by atoms with van der Waals surface area (Å²) < 4.78 is 0. The van der Waals surface area contributed by atoms with Crippen molar-refractivity contribution in [2.24, 2.45) is 0 Å². The molecule has 1 heterocycles. The average Bonchev–Trinajstić information content (AvgIpc) is 2.71. The number of phenols is 1. The number of nitrogens with zero attached hydrogens (tertiary/aromatic N) is 1. The lowest BCUT2D eigenvalue weighted by Gasteiger charge is -2.06. The van der Waals surface area contributed by atoms with Crippen LogP contribution in [0.15, 0.2) is 24.3 Å². The van der Waals surface area contributed by atoms with E-state index >= 15 is 0 Å². The van der Waals surface area contributed by atoms with E-state index in [1.165, 1.54) is 0 Å². The first-order valence-electron chi connectivity index (χ1n) is 5.66. The van der Waals surface area contributed by atoms with Gasteiger partial charge in [0.25, 0.3) is 0 Å². The third-order valence-electron chi connectivity index (χ3n) is 2.48. The van der Waals surface area contributed by atoms with Crippen molar-refractivity contribution in [2.75, 3.05) is 0 Å². The van der Waals surface area contributed by atoms with Crippen molar-refractivity contribution in [1.29, 1.82) is 0 Å². The van der Waals surface area contributed by atoms with Crippen molar-refractivity contribution in [2.45, 2.75) is 20.4 Å². The molecule has 3 nitrogen and oxygen atoms in total. The minimum atomic E-state index is 0.270. The Bertz CT molecular complexity index is 657. The molecule has 90 valence electrons. The van der Waals surface area contributed by atoms with Crippen molar-refractivity contribution in [3.05, 3.63) is 30.0 Å². The van der Waals surface area contributed by atoms with E-state index in [1.807, 2.05) is 12.1 Å². The van der Waals surface area contributed by atoms with Crippen LogP contribution in [0.3, 0.4) is 0 Å². The maximum absolute atomic E-state index is 9.42. The van der Waals surface area contributed by atoms with Gasteiger partial charge in [-0.1, -0.05) is 11.8 Å². The normalized spacial score (nSPS) is 9.22. The average molecular weight is 238 g/mol. The third kappa shape index (κ3) is 2.59. The number of aromatic hydroxyl groups is 1. The number of hydrogen-bond acceptors (Lipinski definition) is 2. The van der Waals surface area contributed by atoms with Crippen LogP contribution in [0.25, 0.3) is 10.9 Å². The van der Waals surface area contributed by atoms with E-state index in [2.05, 4.69) is 28.9 Å². The van der Waals surface area contributed by atoms with Gasteiger partial charge in [-0.15, -0.1) is 0 Å². The summed E-state index contributed by atoms with van der Waals surface area (Å²) in [7, 11) is 0. The molecule has 1 aromatic carbocycles. The lowest BCUT2D eigenvalue weighted by Crippen LogP contribution is -2.10. The number of aromatic amines is 1. The molecular weight excluding hydrogens is 224 g/mol. The number of nitrogens with one attached hydrogen (secondary N) is 1. The second-order valence-corrected chi connectivity index (χ2v) is 3.88. The first-order valence-corrected chi connectivity index (χ1v) is 5.66. The predicted octanol–water partition coefficient (Wildman–Crippen LogP) is 2.64. The van der Waals surface area contributed by atoms with Gasteiger partial charge >= 0.3 is 0 Å². The fourth-order valence-electron chi connectivity index (χ4n) is 1.81. The Morgan fingerprint density at radius 1 is 1.17 bits per heavy atom. The second kappa shape index (κ2) is 5.21. The number of phenolic OH excluding ortho intramolecular Hbond substituents is 1. The summed E-state index contributed by atoms with van der Waals surface area (Å²) in [6.45, 7) is 4.18. The molecule has 0 bridgehead atoms. The molecule has 1 aromatic heterocycles. The first-order chi connectivity index (χ1) is 8.72. The van der Waals surface area contributed by atoms with Crippen molar-refractivity contribution in [3.63, 3.8) is 0 Å². The molecule has 0 aliphatic carbocycles. The second-order valence-electron chi connectivity index (χ2n) is 3.88. The van der Waals surface area contributed by atoms with Crippen molar-refractivity contribution in [3.8, 4) is 29.7 Å². The molecule has 0 saturated carbocycles. The number of benzene rings is 1. The van der Waals surface area contributed by atoms with E-state index in [4.69, 9.17) is 0 Å². The Hall–Kier alpha value is -2.52. The van der Waals surface area contributed by atoms with Gasteiger partial charge in [-0.3, -0.25) is 4.90 Å². The molecule has 0 atom stereocenters. The van der Waals surface area contributed by atoms with E-state index in [9.17, 15) is 5.11 Å². The van der Waals surface area contributed by atoms with Crippen LogP contribution in [0.5, 0.6) is 5.75 Å². The molecule has 18 heavy (non-hydrogen) atoms. The van der Waals surface area contributed by atoms with E-state index in [0.29, 0.717) is 6.54 Å². The largest absolute Gasteiger partial charge is 0.508 e. The molecule has 0 unspecified atom stereocenters. The maximum atomic E-state index is 9.42. The van der Waals surface area contributed by atoms with Gasteiger partial charge in [0.05, 0.1) is 6.54 Å². The van der Waals surface area contributed by atoms with Crippen LogP contribution in [0, 0.1) is 23.9 Å². The Balaban J connectivity index is 2.29. The molecular formula is C15H14N2O. The van der Waals surface area contributed by atoms with E-state index in [1.54, 1.807) is 30.9 Å². The zero-order valence-electron chi connectivity index (χ0n) is 10.4. The van der Waals surface area contributed by atoms with Gasteiger partial charge in [-0.2, -0.15) is 0 Å². The summed E-state index contributed by atoms with van der Waals surface area (Å²) >= 11 is 0. The summed E-state index contributed by atoms with van der Waals surface area (Å²) in [4.78, 5) is 5.02. The smallest absolute Gasteiger partial charge is 0.116 e. The molecule has 0 radical (unpaired) electrons. The lowest BCUT2D eigenvalue weighted by atomic mass is 10.2. The Morgan fingerprint density at radius 3 is 2.56 bits per heavy atom. The molecule has 2 N–H and O–H groups in total. The molecule has 0 spiro atoms. The van der Waals surface area contributed by atoms with Crippen LogP contribution >= 0.6 is 0 Å². The highest BCUT2D eigenvalue weighted by atomic mass is 16.3. The van der Waals surface area contributed by atoms with Crippen LogP contribution in [-0.4, -0.2) is 15.0 Å². The zero-order valence-corrected chi connectivity index (χ0v) is 10.4. The highest BCUT2D eigenvalue weighted by molar-refractivity contribution is 5.81. The lowest BCUT2D eigenvalue weighted by molar-refractivity contribution is 0.476. The monoisotopic (exact) mass is 238 g/mol. The highest BCUT2D eigenvalue weighted by Gasteiger charge is 2.04. The summed E-state index contributed by atoms with van der Waals surface area (Å²) in [6, 6.07) is 13.1. The van der Waals surface area contributed by atoms with E-state index in [-0.39, 0.29) is 5.75 Å². The Labute approximate surface area is 106 Å². The number of fused-ring (bicyclic) bond motifs is 1. The van der Waals surface area contributed by atoms with Gasteiger partial charge < -0.3 is 10.1 Å². The predicted molar refractivity (Wildman–Crippen MR) is 72.4 cm³/mol. The highest BCUT2D eigenvalue weighted by Crippen LogP contribution is 2.21. The van der Waals surface area contributed by atoms with Gasteiger partial charge in [-0.25, -0.2) is 0 Å². The van der Waals surface area contributed by atoms with Gasteiger partial charge in [-0.05, 0) is 38.1 Å². The van der Waals surface area contributed by atoms with Gasteiger partial charge in [0, 0.05) is 28.7 Å². The topological polar surface area (TPSA) is 39.3 Å². The molecule has 2 rings (SSSR count). The van der Waals surface area contributed by atoms with Crippen LogP contribution in [0.4, 0.5) is 0 Å². The van der Waals surface area contributed by atoms with E-state index < -0.39 is 0 Å². The number of aromatic nitrogens is 1. The minimum absolute atomic E-state index is 0.270. The molecule has 0 aliphatic heterocycles. The SMILES string of the molecule is CC#CN(C#CC)Cc1cc2cc(O)ccc2[nH]1. The van der Waals surface area contributed by atoms with Gasteiger partial charge in [0.15, 0.2) is 0 Å². The quantitative estimate of drug-likeness (QED) is 0.623. The van der Waals surface area contributed by atoms with Crippen LogP contribution in [-0.2, 0) is 6.54 Å². The van der Waals surface area contributed by atoms with Crippen LogP contribution in [0.2, 0.25) is 0 Å². The third-order valence-corrected chi connectivity index (χ3v) is 2.48. The van der Waals surface area contributed by atoms with Crippen molar-refractivity contribution >= 4 is 10.9 Å². The molecule has 2 aromatic rings. The minimum Gasteiger partial charge on any atom is -0.508 e. The fraction of sp³-hybridized carbons (Fsp3) is 0.200. The van der Waals surface area contributed by atoms with Crippen molar-refractivity contribution in [1.82, 2.24) is 9.88 Å². The Kier molecular flexibility index (Phi) is 3.46. The van der Waals surface area contributed by atoms with Gasteiger partial charge in [0.1, 0.15) is 5.75 Å². The van der Waals surface area contributed by atoms with Crippen LogP contribution in [0.1, 0.15) is 19.5 Å². The van der Waals surface area contributed by atoms with Crippen LogP contribution < -0.4 is 0 Å². The van der Waals surface area contributed by atoms with E-state index in [0.717, 1.165) is 16.6 Å². The molecule has 0 saturated heterocycles. The van der Waals surface area contributed by atoms with Crippen molar-refractivity contribution < 1.29 is 5.11 Å². The van der Waals surface area contributed by atoms with Gasteiger partial charge in [0.2, 0.25) is 0 Å². The maximum Gasteiger partial charge on any atom is 0.116 e. The molecule has 0 amide bonds. The summed E-state index contributed by atoms with van der Waals surface area (Å²) in [5.74, 6) is 5.94. The standard InChI is InChI=1S/C15H14N2O/c1-3-7-17(8-4-2)11-13-9-12-10-14(18)5-6-15(12)16-13/h5-6,9-10,16,18H,11H2,1-2H3. The molecule has 3 heteroatoms. The molecule has 0 fully saturated rings. The zero-order chi connectivity index (χ0) is 13.0. The Morgan fingerprint density at radius 2 is 1.89 bits per heavy atom. The fourth-order valence-corrected chi connectivity index (χ4v) is 1.81. The number of hydrogen-bond donors (Lipinski definition) is 2. The molecule has 0 aliphatic rings.